The number of amides is 1. The van der Waals surface area contributed by atoms with E-state index in [1.54, 1.807) is 15.9 Å². The molecule has 23 heavy (non-hydrogen) atoms. The summed E-state index contributed by atoms with van der Waals surface area (Å²) < 4.78 is 39.2. The van der Waals surface area contributed by atoms with Crippen LogP contribution in [0.15, 0.2) is 31.0 Å². The fourth-order valence-corrected chi connectivity index (χ4v) is 2.63. The number of pyridine rings is 1. The van der Waals surface area contributed by atoms with E-state index < -0.39 is 11.9 Å². The van der Waals surface area contributed by atoms with E-state index in [2.05, 4.69) is 15.1 Å². The molecular formula is C14H14F3N5O. The zero-order chi connectivity index (χ0) is 16.4. The first-order valence-corrected chi connectivity index (χ1v) is 7.12. The molecule has 0 spiro atoms. The standard InChI is InChI=1S/C14H14F3N5O/c15-14(16,17)12-4-3-10(6-19-12)13(23)21-5-1-2-11(7-21)22-9-18-8-20-22/h3-4,6,8-9,11H,1-2,5,7H2/t11-/m1/s1. The number of likely N-dealkylation sites (tertiary alicyclic amines) is 1. The van der Waals surface area contributed by atoms with Crippen LogP contribution in [0, 0.1) is 0 Å². The summed E-state index contributed by atoms with van der Waals surface area (Å²) in [7, 11) is 0. The lowest BCUT2D eigenvalue weighted by Crippen LogP contribution is -2.40. The quantitative estimate of drug-likeness (QED) is 0.849. The van der Waals surface area contributed by atoms with E-state index in [1.807, 2.05) is 0 Å². The number of hydrogen-bond donors (Lipinski definition) is 0. The summed E-state index contributed by atoms with van der Waals surface area (Å²) in [6.07, 6.45) is 1.16. The van der Waals surface area contributed by atoms with Crippen molar-refractivity contribution in [1.29, 1.82) is 0 Å². The zero-order valence-corrected chi connectivity index (χ0v) is 12.1. The monoisotopic (exact) mass is 325 g/mol. The summed E-state index contributed by atoms with van der Waals surface area (Å²) in [5.41, 5.74) is -0.856. The molecule has 2 aromatic rings. The molecule has 1 fully saturated rings. The molecule has 1 atom stereocenters. The molecule has 0 aromatic carbocycles. The molecule has 3 rings (SSSR count). The van der Waals surface area contributed by atoms with Gasteiger partial charge in [0.15, 0.2) is 0 Å². The molecule has 0 aliphatic carbocycles. The Morgan fingerprint density at radius 3 is 2.74 bits per heavy atom. The first-order valence-electron chi connectivity index (χ1n) is 7.12. The molecule has 6 nitrogen and oxygen atoms in total. The van der Waals surface area contributed by atoms with Crippen LogP contribution in [0.3, 0.4) is 0 Å². The predicted molar refractivity (Wildman–Crippen MR) is 73.4 cm³/mol. The van der Waals surface area contributed by atoms with Gasteiger partial charge in [-0.3, -0.25) is 9.78 Å². The van der Waals surface area contributed by atoms with Gasteiger partial charge < -0.3 is 4.90 Å². The minimum absolute atomic E-state index is 0.0256. The number of nitrogens with zero attached hydrogens (tertiary/aromatic N) is 5. The van der Waals surface area contributed by atoms with E-state index >= 15 is 0 Å². The lowest BCUT2D eigenvalue weighted by Gasteiger charge is -2.32. The second-order valence-electron chi connectivity index (χ2n) is 5.35. The predicted octanol–water partition coefficient (Wildman–Crippen LogP) is 2.17. The Hall–Kier alpha value is -2.45. The Morgan fingerprint density at radius 1 is 1.30 bits per heavy atom. The molecule has 0 unspecified atom stereocenters. The topological polar surface area (TPSA) is 63.9 Å². The lowest BCUT2D eigenvalue weighted by molar-refractivity contribution is -0.141. The van der Waals surface area contributed by atoms with Crippen molar-refractivity contribution < 1.29 is 18.0 Å². The van der Waals surface area contributed by atoms with Crippen LogP contribution in [0.5, 0.6) is 0 Å². The van der Waals surface area contributed by atoms with Gasteiger partial charge in [-0.05, 0) is 25.0 Å². The molecule has 1 saturated heterocycles. The average Bonchev–Trinajstić information content (AvgIpc) is 3.08. The van der Waals surface area contributed by atoms with Crippen LogP contribution in [-0.2, 0) is 6.18 Å². The highest BCUT2D eigenvalue weighted by Crippen LogP contribution is 2.27. The van der Waals surface area contributed by atoms with Gasteiger partial charge in [0.25, 0.3) is 5.91 Å². The molecule has 1 aliphatic heterocycles. The molecular weight excluding hydrogens is 311 g/mol. The number of piperidine rings is 1. The maximum Gasteiger partial charge on any atom is 0.433 e. The second kappa shape index (κ2) is 5.98. The van der Waals surface area contributed by atoms with Crippen molar-refractivity contribution in [2.75, 3.05) is 13.1 Å². The molecule has 1 amide bonds. The third-order valence-corrected chi connectivity index (χ3v) is 3.80. The zero-order valence-electron chi connectivity index (χ0n) is 12.1. The van der Waals surface area contributed by atoms with Gasteiger partial charge in [-0.25, -0.2) is 9.67 Å². The number of rotatable bonds is 2. The normalized spacial score (nSPS) is 18.9. The van der Waals surface area contributed by atoms with E-state index in [0.29, 0.717) is 13.1 Å². The van der Waals surface area contributed by atoms with E-state index in [9.17, 15) is 18.0 Å². The molecule has 0 radical (unpaired) electrons. The summed E-state index contributed by atoms with van der Waals surface area (Å²) in [5.74, 6) is -0.323. The van der Waals surface area contributed by atoms with Gasteiger partial charge in [0, 0.05) is 19.3 Å². The smallest absolute Gasteiger partial charge is 0.336 e. The van der Waals surface area contributed by atoms with Gasteiger partial charge in [0.2, 0.25) is 0 Å². The van der Waals surface area contributed by atoms with Crippen LogP contribution in [0.1, 0.15) is 34.9 Å². The molecule has 9 heteroatoms. The molecule has 1 aliphatic rings. The van der Waals surface area contributed by atoms with Crippen molar-refractivity contribution >= 4 is 5.91 Å². The van der Waals surface area contributed by atoms with Crippen molar-refractivity contribution in [3.8, 4) is 0 Å². The Kier molecular flexibility index (Phi) is 4.01. The number of carbonyl (C=O) groups is 1. The van der Waals surface area contributed by atoms with Crippen LogP contribution in [-0.4, -0.2) is 43.6 Å². The van der Waals surface area contributed by atoms with Gasteiger partial charge in [-0.15, -0.1) is 0 Å². The van der Waals surface area contributed by atoms with Crippen LogP contribution in [0.25, 0.3) is 0 Å². The first kappa shape index (κ1) is 15.4. The minimum Gasteiger partial charge on any atom is -0.336 e. The highest BCUT2D eigenvalue weighted by molar-refractivity contribution is 5.94. The highest BCUT2D eigenvalue weighted by Gasteiger charge is 2.33. The van der Waals surface area contributed by atoms with Crippen molar-refractivity contribution in [2.24, 2.45) is 0 Å². The summed E-state index contributed by atoms with van der Waals surface area (Å²) in [6.45, 7) is 1.01. The SMILES string of the molecule is O=C(c1ccc(C(F)(F)F)nc1)N1CCC[C@@H](n2cncn2)C1. The van der Waals surface area contributed by atoms with E-state index in [-0.39, 0.29) is 17.5 Å². The molecule has 3 heterocycles. The molecule has 2 aromatic heterocycles. The lowest BCUT2D eigenvalue weighted by atomic mass is 10.0. The summed E-state index contributed by atoms with van der Waals surface area (Å²) in [4.78, 5) is 21.3. The van der Waals surface area contributed by atoms with E-state index in [0.717, 1.165) is 31.2 Å². The minimum atomic E-state index is -4.51. The fourth-order valence-electron chi connectivity index (χ4n) is 2.63. The number of halogens is 3. The van der Waals surface area contributed by atoms with Gasteiger partial charge in [-0.2, -0.15) is 18.3 Å². The third kappa shape index (κ3) is 3.33. The Balaban J connectivity index is 1.72. The molecule has 0 N–H and O–H groups in total. The maximum absolute atomic E-state index is 12.5. The van der Waals surface area contributed by atoms with Gasteiger partial charge in [0.05, 0.1) is 11.6 Å². The number of alkyl halides is 3. The second-order valence-corrected chi connectivity index (χ2v) is 5.35. The van der Waals surface area contributed by atoms with Crippen LogP contribution in [0.4, 0.5) is 13.2 Å². The molecule has 0 bridgehead atoms. The highest BCUT2D eigenvalue weighted by atomic mass is 19.4. The maximum atomic E-state index is 12.5. The van der Waals surface area contributed by atoms with Gasteiger partial charge in [-0.1, -0.05) is 0 Å². The fraction of sp³-hybridized carbons (Fsp3) is 0.429. The van der Waals surface area contributed by atoms with Crippen LogP contribution in [0.2, 0.25) is 0 Å². The van der Waals surface area contributed by atoms with Gasteiger partial charge in [0.1, 0.15) is 18.3 Å². The first-order chi connectivity index (χ1) is 10.9. The Morgan fingerprint density at radius 2 is 2.13 bits per heavy atom. The number of hydrogen-bond acceptors (Lipinski definition) is 4. The van der Waals surface area contributed by atoms with Crippen LogP contribution >= 0.6 is 0 Å². The molecule has 122 valence electrons. The Labute approximate surface area is 130 Å². The number of aromatic nitrogens is 4. The van der Waals surface area contributed by atoms with Crippen LogP contribution < -0.4 is 0 Å². The van der Waals surface area contributed by atoms with Crippen molar-refractivity contribution in [2.45, 2.75) is 25.1 Å². The largest absolute Gasteiger partial charge is 0.433 e. The van der Waals surface area contributed by atoms with Crippen molar-refractivity contribution in [1.82, 2.24) is 24.6 Å². The Bertz CT molecular complexity index is 669. The van der Waals surface area contributed by atoms with E-state index in [4.69, 9.17) is 0 Å². The average molecular weight is 325 g/mol. The number of carbonyl (C=O) groups excluding carboxylic acids is 1. The van der Waals surface area contributed by atoms with Gasteiger partial charge >= 0.3 is 6.18 Å². The summed E-state index contributed by atoms with van der Waals surface area (Å²) in [6, 6.07) is 2.01. The van der Waals surface area contributed by atoms with Crippen molar-refractivity contribution in [3.05, 3.63) is 42.2 Å². The summed E-state index contributed by atoms with van der Waals surface area (Å²) in [5, 5.41) is 4.08. The van der Waals surface area contributed by atoms with E-state index in [1.165, 1.54) is 6.33 Å². The van der Waals surface area contributed by atoms with Crippen molar-refractivity contribution in [3.63, 3.8) is 0 Å². The molecule has 0 saturated carbocycles. The third-order valence-electron chi connectivity index (χ3n) is 3.80. The summed E-state index contributed by atoms with van der Waals surface area (Å²) >= 11 is 0.